The lowest BCUT2D eigenvalue weighted by molar-refractivity contribution is -0.145. The van der Waals surface area contributed by atoms with Crippen LogP contribution < -0.4 is 5.32 Å². The van der Waals surface area contributed by atoms with Crippen LogP contribution in [-0.2, 0) is 9.59 Å². The third-order valence-corrected chi connectivity index (χ3v) is 4.50. The van der Waals surface area contributed by atoms with E-state index in [1.807, 2.05) is 13.8 Å². The highest BCUT2D eigenvalue weighted by Crippen LogP contribution is 2.22. The molecule has 2 atom stereocenters. The third-order valence-electron chi connectivity index (χ3n) is 4.50. The molecule has 7 heteroatoms. The van der Waals surface area contributed by atoms with E-state index in [0.29, 0.717) is 32.6 Å². The van der Waals surface area contributed by atoms with Crippen molar-refractivity contribution in [2.75, 3.05) is 26.2 Å². The maximum atomic E-state index is 12.5. The van der Waals surface area contributed by atoms with Crippen molar-refractivity contribution < 1.29 is 19.5 Å². The first-order valence-electron chi connectivity index (χ1n) is 8.68. The summed E-state index contributed by atoms with van der Waals surface area (Å²) in [5.41, 5.74) is -0.577. The number of hydrogen-bond donors (Lipinski definition) is 2. The smallest absolute Gasteiger partial charge is 0.326 e. The summed E-state index contributed by atoms with van der Waals surface area (Å²) in [4.78, 5) is 39.8. The zero-order chi connectivity index (χ0) is 18.5. The number of aliphatic carboxylic acids is 1. The molecule has 1 aliphatic rings. The van der Waals surface area contributed by atoms with Crippen LogP contribution in [0.5, 0.6) is 0 Å². The Bertz CT molecular complexity index is 469. The fourth-order valence-corrected chi connectivity index (χ4v) is 2.97. The Morgan fingerprint density at radius 1 is 1.25 bits per heavy atom. The molecule has 3 amide bonds. The minimum atomic E-state index is -1.04. The van der Waals surface area contributed by atoms with E-state index in [1.165, 1.54) is 0 Å². The van der Waals surface area contributed by atoms with Crippen molar-refractivity contribution in [3.05, 3.63) is 0 Å². The molecule has 1 heterocycles. The van der Waals surface area contributed by atoms with Crippen LogP contribution in [0.3, 0.4) is 0 Å². The second kappa shape index (κ2) is 8.35. The van der Waals surface area contributed by atoms with E-state index >= 15 is 0 Å². The van der Waals surface area contributed by atoms with Crippen molar-refractivity contribution >= 4 is 17.9 Å². The Morgan fingerprint density at radius 3 is 2.29 bits per heavy atom. The lowest BCUT2D eigenvalue weighted by atomic mass is 9.86. The molecule has 0 aliphatic carbocycles. The molecule has 24 heavy (non-hydrogen) atoms. The van der Waals surface area contributed by atoms with Crippen molar-refractivity contribution in [1.82, 2.24) is 15.1 Å². The van der Waals surface area contributed by atoms with Gasteiger partial charge in [-0.2, -0.15) is 0 Å². The van der Waals surface area contributed by atoms with Crippen LogP contribution >= 0.6 is 0 Å². The number of piperidine rings is 1. The SMILES string of the molecule is CCN(CC)C(=O)N1CCC[C@H](C(=O)N[C@H](C(=O)O)C(C)(C)C)C1. The molecule has 0 aromatic rings. The summed E-state index contributed by atoms with van der Waals surface area (Å²) in [6, 6.07) is -0.998. The molecule has 0 unspecified atom stereocenters. The van der Waals surface area contributed by atoms with Gasteiger partial charge in [-0.1, -0.05) is 20.8 Å². The summed E-state index contributed by atoms with van der Waals surface area (Å²) < 4.78 is 0. The molecule has 1 rings (SSSR count). The first-order valence-corrected chi connectivity index (χ1v) is 8.68. The number of nitrogens with zero attached hydrogens (tertiary/aromatic N) is 2. The van der Waals surface area contributed by atoms with Crippen molar-refractivity contribution in [3.63, 3.8) is 0 Å². The molecule has 1 aliphatic heterocycles. The Hall–Kier alpha value is -1.79. The second-order valence-corrected chi connectivity index (χ2v) is 7.39. The van der Waals surface area contributed by atoms with E-state index in [4.69, 9.17) is 0 Å². The molecule has 138 valence electrons. The molecule has 0 radical (unpaired) electrons. The number of carbonyl (C=O) groups excluding carboxylic acids is 2. The fraction of sp³-hybridized carbons (Fsp3) is 0.824. The second-order valence-electron chi connectivity index (χ2n) is 7.39. The number of hydrogen-bond acceptors (Lipinski definition) is 3. The topological polar surface area (TPSA) is 90.0 Å². The molecule has 2 N–H and O–H groups in total. The first kappa shape index (κ1) is 20.3. The summed E-state index contributed by atoms with van der Waals surface area (Å²) in [5.74, 6) is -1.68. The first-order chi connectivity index (χ1) is 11.1. The normalized spacial score (nSPS) is 19.5. The zero-order valence-corrected chi connectivity index (χ0v) is 15.5. The van der Waals surface area contributed by atoms with Crippen molar-refractivity contribution in [2.24, 2.45) is 11.3 Å². The van der Waals surface area contributed by atoms with E-state index in [0.717, 1.165) is 6.42 Å². The monoisotopic (exact) mass is 341 g/mol. The highest BCUT2D eigenvalue weighted by atomic mass is 16.4. The van der Waals surface area contributed by atoms with E-state index in [2.05, 4.69) is 5.32 Å². The van der Waals surface area contributed by atoms with Gasteiger partial charge in [-0.3, -0.25) is 4.79 Å². The molecule has 1 saturated heterocycles. The molecule has 1 fully saturated rings. The van der Waals surface area contributed by atoms with Gasteiger partial charge in [0.25, 0.3) is 0 Å². The fourth-order valence-electron chi connectivity index (χ4n) is 2.97. The number of carboxylic acid groups (broad SMARTS) is 1. The van der Waals surface area contributed by atoms with E-state index in [9.17, 15) is 19.5 Å². The van der Waals surface area contributed by atoms with Crippen LogP contribution in [0.15, 0.2) is 0 Å². The van der Waals surface area contributed by atoms with Gasteiger partial charge in [-0.15, -0.1) is 0 Å². The Balaban J connectivity index is 2.74. The predicted molar refractivity (Wildman–Crippen MR) is 91.6 cm³/mol. The maximum absolute atomic E-state index is 12.5. The quantitative estimate of drug-likeness (QED) is 0.797. The lowest BCUT2D eigenvalue weighted by Gasteiger charge is -2.36. The molecular formula is C17H31N3O4. The van der Waals surface area contributed by atoms with Crippen LogP contribution in [-0.4, -0.2) is 65.0 Å². The summed E-state index contributed by atoms with van der Waals surface area (Å²) in [6.07, 6.45) is 1.42. The van der Waals surface area contributed by atoms with Crippen LogP contribution in [0.4, 0.5) is 4.79 Å². The number of rotatable bonds is 5. The molecule has 0 aromatic carbocycles. The van der Waals surface area contributed by atoms with Gasteiger partial charge in [0.05, 0.1) is 5.92 Å². The van der Waals surface area contributed by atoms with E-state index in [1.54, 1.807) is 30.6 Å². The standard InChI is InChI=1S/C17H31N3O4/c1-6-19(7-2)16(24)20-10-8-9-12(11-20)14(21)18-13(15(22)23)17(3,4)5/h12-13H,6-11H2,1-5H3,(H,18,21)(H,22,23)/t12-,13+/m0/s1. The van der Waals surface area contributed by atoms with Gasteiger partial charge in [0.2, 0.25) is 5.91 Å². The Kier molecular flexibility index (Phi) is 7.05. The van der Waals surface area contributed by atoms with Gasteiger partial charge in [0, 0.05) is 26.2 Å². The average Bonchev–Trinajstić information content (AvgIpc) is 2.52. The highest BCUT2D eigenvalue weighted by molar-refractivity contribution is 5.86. The predicted octanol–water partition coefficient (Wildman–Crippen LogP) is 1.78. The van der Waals surface area contributed by atoms with Gasteiger partial charge in [0.1, 0.15) is 6.04 Å². The number of nitrogens with one attached hydrogen (secondary N) is 1. The van der Waals surface area contributed by atoms with E-state index in [-0.39, 0.29) is 17.9 Å². The number of amides is 3. The minimum absolute atomic E-state index is 0.0527. The highest BCUT2D eigenvalue weighted by Gasteiger charge is 2.36. The van der Waals surface area contributed by atoms with Gasteiger partial charge in [-0.05, 0) is 32.1 Å². The van der Waals surface area contributed by atoms with Crippen molar-refractivity contribution in [1.29, 1.82) is 0 Å². The van der Waals surface area contributed by atoms with E-state index < -0.39 is 17.4 Å². The minimum Gasteiger partial charge on any atom is -0.480 e. The summed E-state index contributed by atoms with van der Waals surface area (Å²) in [7, 11) is 0. The van der Waals surface area contributed by atoms with Crippen LogP contribution in [0, 0.1) is 11.3 Å². The molecule has 0 spiro atoms. The van der Waals surface area contributed by atoms with Crippen molar-refractivity contribution in [3.8, 4) is 0 Å². The zero-order valence-electron chi connectivity index (χ0n) is 15.5. The van der Waals surface area contributed by atoms with Gasteiger partial charge in [0.15, 0.2) is 0 Å². The van der Waals surface area contributed by atoms with Gasteiger partial charge in [-0.25, -0.2) is 9.59 Å². The summed E-state index contributed by atoms with van der Waals surface area (Å²) >= 11 is 0. The lowest BCUT2D eigenvalue weighted by Crippen LogP contribution is -2.54. The largest absolute Gasteiger partial charge is 0.480 e. The number of likely N-dealkylation sites (tertiary alicyclic amines) is 1. The number of carbonyl (C=O) groups is 3. The third kappa shape index (κ3) is 5.11. The average molecular weight is 341 g/mol. The van der Waals surface area contributed by atoms with Gasteiger partial charge < -0.3 is 20.2 Å². The molecule has 0 bridgehead atoms. The molecule has 7 nitrogen and oxygen atoms in total. The van der Waals surface area contributed by atoms with Crippen molar-refractivity contribution in [2.45, 2.75) is 53.5 Å². The number of carboxylic acids is 1. The van der Waals surface area contributed by atoms with Gasteiger partial charge >= 0.3 is 12.0 Å². The Morgan fingerprint density at radius 2 is 1.83 bits per heavy atom. The summed E-state index contributed by atoms with van der Waals surface area (Å²) in [6.45, 7) is 11.4. The molecule has 0 saturated carbocycles. The summed E-state index contributed by atoms with van der Waals surface area (Å²) in [5, 5.41) is 12.0. The number of urea groups is 1. The maximum Gasteiger partial charge on any atom is 0.326 e. The van der Waals surface area contributed by atoms with Crippen LogP contribution in [0.1, 0.15) is 47.5 Å². The van der Waals surface area contributed by atoms with Crippen LogP contribution in [0.2, 0.25) is 0 Å². The molecular weight excluding hydrogens is 310 g/mol. The van der Waals surface area contributed by atoms with Crippen LogP contribution in [0.25, 0.3) is 0 Å². The Labute approximate surface area is 144 Å². The molecule has 0 aromatic heterocycles.